The number of urea groups is 1. The number of fused-ring (bicyclic) bond motifs is 1. The number of rotatable bonds is 6. The zero-order valence-corrected chi connectivity index (χ0v) is 18.8. The van der Waals surface area contributed by atoms with Crippen LogP contribution in [0.4, 0.5) is 10.5 Å². The van der Waals surface area contributed by atoms with Crippen LogP contribution in [0.1, 0.15) is 16.7 Å². The average molecular weight is 445 g/mol. The molecule has 162 valence electrons. The summed E-state index contributed by atoms with van der Waals surface area (Å²) in [5.74, 6) is 0. The molecule has 0 fully saturated rings. The third-order valence-corrected chi connectivity index (χ3v) is 5.95. The Morgan fingerprint density at radius 1 is 1.00 bits per heavy atom. The third-order valence-electron chi connectivity index (χ3n) is 5.21. The van der Waals surface area contributed by atoms with Gasteiger partial charge in [-0.2, -0.15) is 0 Å². The standard InChI is InChI=1S/C26H24N2O3S/c1-18-8-13-24-23(14-18)25(29)20(17-31-24)16-28(15-19-6-4-3-5-7-19)26(30)27-21-9-11-22(32-2)12-10-21/h3-14,17H,15-16H2,1-2H3,(H,27,30). The Balaban J connectivity index is 1.63. The maximum atomic E-state index is 13.2. The number of aryl methyl sites for hydroxylation is 1. The highest BCUT2D eigenvalue weighted by atomic mass is 32.2. The van der Waals surface area contributed by atoms with Crippen molar-refractivity contribution in [3.8, 4) is 0 Å². The Kier molecular flexibility index (Phi) is 6.61. The summed E-state index contributed by atoms with van der Waals surface area (Å²) in [7, 11) is 0. The largest absolute Gasteiger partial charge is 0.464 e. The van der Waals surface area contributed by atoms with Crippen molar-refractivity contribution in [2.45, 2.75) is 24.9 Å². The fourth-order valence-corrected chi connectivity index (χ4v) is 3.89. The minimum atomic E-state index is -0.283. The van der Waals surface area contributed by atoms with Gasteiger partial charge in [-0.3, -0.25) is 4.79 Å². The molecule has 0 aliphatic rings. The van der Waals surface area contributed by atoms with Gasteiger partial charge in [0.2, 0.25) is 0 Å². The molecule has 0 bridgehead atoms. The highest BCUT2D eigenvalue weighted by Crippen LogP contribution is 2.19. The van der Waals surface area contributed by atoms with E-state index < -0.39 is 0 Å². The maximum Gasteiger partial charge on any atom is 0.322 e. The molecule has 1 heterocycles. The molecule has 0 atom stereocenters. The van der Waals surface area contributed by atoms with Gasteiger partial charge in [0.05, 0.1) is 23.8 Å². The van der Waals surface area contributed by atoms with E-state index in [4.69, 9.17) is 4.42 Å². The number of hydrogen-bond acceptors (Lipinski definition) is 4. The van der Waals surface area contributed by atoms with E-state index in [-0.39, 0.29) is 18.0 Å². The molecule has 0 aliphatic carbocycles. The Morgan fingerprint density at radius 3 is 2.47 bits per heavy atom. The van der Waals surface area contributed by atoms with Gasteiger partial charge in [0.1, 0.15) is 5.58 Å². The molecule has 0 radical (unpaired) electrons. The summed E-state index contributed by atoms with van der Waals surface area (Å²) in [6.45, 7) is 2.43. The lowest BCUT2D eigenvalue weighted by Gasteiger charge is -2.23. The summed E-state index contributed by atoms with van der Waals surface area (Å²) in [5, 5.41) is 3.47. The van der Waals surface area contributed by atoms with Gasteiger partial charge in [-0.25, -0.2) is 4.79 Å². The Labute approximate surface area is 191 Å². The van der Waals surface area contributed by atoms with Crippen LogP contribution >= 0.6 is 11.8 Å². The molecule has 1 aromatic heterocycles. The lowest BCUT2D eigenvalue weighted by atomic mass is 10.1. The van der Waals surface area contributed by atoms with Crippen LogP contribution in [0, 0.1) is 6.92 Å². The molecule has 0 saturated carbocycles. The third kappa shape index (κ3) is 5.03. The molecule has 2 amide bonds. The molecule has 1 N–H and O–H groups in total. The first-order chi connectivity index (χ1) is 15.5. The van der Waals surface area contributed by atoms with Crippen molar-refractivity contribution >= 4 is 34.4 Å². The normalized spacial score (nSPS) is 10.8. The molecule has 4 rings (SSSR count). The fraction of sp³-hybridized carbons (Fsp3) is 0.154. The predicted octanol–water partition coefficient (Wildman–Crippen LogP) is 6.06. The molecule has 3 aromatic carbocycles. The molecule has 0 unspecified atom stereocenters. The fourth-order valence-electron chi connectivity index (χ4n) is 3.48. The van der Waals surface area contributed by atoms with Gasteiger partial charge in [0.15, 0.2) is 5.43 Å². The van der Waals surface area contributed by atoms with Gasteiger partial charge in [-0.1, -0.05) is 42.0 Å². The summed E-state index contributed by atoms with van der Waals surface area (Å²) in [6.07, 6.45) is 3.46. The number of carbonyl (C=O) groups excluding carboxylic acids is 1. The average Bonchev–Trinajstić information content (AvgIpc) is 2.82. The summed E-state index contributed by atoms with van der Waals surface area (Å²) in [6, 6.07) is 22.6. The Hall–Kier alpha value is -3.51. The predicted molar refractivity (Wildman–Crippen MR) is 130 cm³/mol. The number of benzene rings is 3. The van der Waals surface area contributed by atoms with Crippen LogP contribution in [0.25, 0.3) is 11.0 Å². The molecule has 0 saturated heterocycles. The van der Waals surface area contributed by atoms with E-state index in [1.807, 2.05) is 79.9 Å². The lowest BCUT2D eigenvalue weighted by Crippen LogP contribution is -2.35. The quantitative estimate of drug-likeness (QED) is 0.367. The topological polar surface area (TPSA) is 62.6 Å². The van der Waals surface area contributed by atoms with E-state index in [0.29, 0.717) is 28.8 Å². The molecule has 32 heavy (non-hydrogen) atoms. The van der Waals surface area contributed by atoms with Crippen LogP contribution < -0.4 is 10.7 Å². The van der Waals surface area contributed by atoms with Gasteiger partial charge >= 0.3 is 6.03 Å². The van der Waals surface area contributed by atoms with Crippen molar-refractivity contribution in [2.24, 2.45) is 0 Å². The number of amides is 2. The highest BCUT2D eigenvalue weighted by Gasteiger charge is 2.18. The van der Waals surface area contributed by atoms with Crippen molar-refractivity contribution in [3.05, 3.63) is 106 Å². The molecular weight excluding hydrogens is 420 g/mol. The molecule has 6 heteroatoms. The minimum Gasteiger partial charge on any atom is -0.464 e. The van der Waals surface area contributed by atoms with Crippen LogP contribution in [0.15, 0.2) is 93.2 Å². The number of nitrogens with zero attached hydrogens (tertiary/aromatic N) is 1. The van der Waals surface area contributed by atoms with Crippen LogP contribution in [0.2, 0.25) is 0 Å². The number of thioether (sulfide) groups is 1. The van der Waals surface area contributed by atoms with Crippen molar-refractivity contribution in [1.82, 2.24) is 4.90 Å². The van der Waals surface area contributed by atoms with Crippen molar-refractivity contribution in [1.29, 1.82) is 0 Å². The van der Waals surface area contributed by atoms with Gasteiger partial charge in [0, 0.05) is 17.1 Å². The molecule has 0 spiro atoms. The second kappa shape index (κ2) is 9.75. The molecule has 5 nitrogen and oxygen atoms in total. The summed E-state index contributed by atoms with van der Waals surface area (Å²) in [4.78, 5) is 29.0. The second-order valence-corrected chi connectivity index (χ2v) is 8.47. The van der Waals surface area contributed by atoms with E-state index in [2.05, 4.69) is 5.32 Å². The zero-order chi connectivity index (χ0) is 22.5. The van der Waals surface area contributed by atoms with Gasteiger partial charge in [0.25, 0.3) is 0 Å². The second-order valence-electron chi connectivity index (χ2n) is 7.59. The first-order valence-corrected chi connectivity index (χ1v) is 11.5. The van der Waals surface area contributed by atoms with Crippen molar-refractivity contribution < 1.29 is 9.21 Å². The number of carbonyl (C=O) groups is 1. The Bertz CT molecular complexity index is 1280. The van der Waals surface area contributed by atoms with Crippen LogP contribution in [-0.2, 0) is 13.1 Å². The summed E-state index contributed by atoms with van der Waals surface area (Å²) >= 11 is 1.64. The molecular formula is C26H24N2O3S. The van der Waals surface area contributed by atoms with E-state index in [1.165, 1.54) is 6.26 Å². The van der Waals surface area contributed by atoms with Crippen LogP contribution in [0.5, 0.6) is 0 Å². The van der Waals surface area contributed by atoms with E-state index in [0.717, 1.165) is 16.0 Å². The maximum absolute atomic E-state index is 13.2. The number of anilines is 1. The first kappa shape index (κ1) is 21.7. The number of nitrogens with one attached hydrogen (secondary N) is 1. The summed E-state index contributed by atoms with van der Waals surface area (Å²) in [5.41, 5.74) is 3.51. The molecule has 4 aromatic rings. The van der Waals surface area contributed by atoms with E-state index in [1.54, 1.807) is 22.7 Å². The first-order valence-electron chi connectivity index (χ1n) is 10.3. The molecule has 0 aliphatic heterocycles. The van der Waals surface area contributed by atoms with E-state index >= 15 is 0 Å². The van der Waals surface area contributed by atoms with Crippen molar-refractivity contribution in [2.75, 3.05) is 11.6 Å². The number of hydrogen-bond donors (Lipinski definition) is 1. The smallest absolute Gasteiger partial charge is 0.322 e. The van der Waals surface area contributed by atoms with Gasteiger partial charge < -0.3 is 14.6 Å². The van der Waals surface area contributed by atoms with Crippen LogP contribution in [-0.4, -0.2) is 17.2 Å². The summed E-state index contributed by atoms with van der Waals surface area (Å²) < 4.78 is 5.69. The van der Waals surface area contributed by atoms with Crippen molar-refractivity contribution in [3.63, 3.8) is 0 Å². The lowest BCUT2D eigenvalue weighted by molar-refractivity contribution is 0.206. The van der Waals surface area contributed by atoms with Crippen LogP contribution in [0.3, 0.4) is 0 Å². The highest BCUT2D eigenvalue weighted by molar-refractivity contribution is 7.98. The monoisotopic (exact) mass is 444 g/mol. The van der Waals surface area contributed by atoms with Gasteiger partial charge in [-0.15, -0.1) is 11.8 Å². The van der Waals surface area contributed by atoms with E-state index in [9.17, 15) is 9.59 Å². The van der Waals surface area contributed by atoms with Gasteiger partial charge in [-0.05, 0) is 55.1 Å². The Morgan fingerprint density at radius 2 is 1.75 bits per heavy atom. The SMILES string of the molecule is CSc1ccc(NC(=O)N(Cc2ccccc2)Cc2coc3ccc(C)cc3c2=O)cc1. The zero-order valence-electron chi connectivity index (χ0n) is 18.0. The minimum absolute atomic E-state index is 0.120.